The van der Waals surface area contributed by atoms with E-state index in [1.165, 1.54) is 46.1 Å². The maximum atomic E-state index is 12.4. The summed E-state index contributed by atoms with van der Waals surface area (Å²) in [5.74, 6) is 0.366. The first kappa shape index (κ1) is 80.7. The molecule has 0 bridgehead atoms. The van der Waals surface area contributed by atoms with Crippen molar-refractivity contribution in [2.75, 3.05) is 62.8 Å². The van der Waals surface area contributed by atoms with E-state index in [1.807, 2.05) is 69.3 Å². The molecule has 564 valence electrons. The van der Waals surface area contributed by atoms with Crippen LogP contribution in [0.4, 0.5) is 30.2 Å². The number of hydrogen-bond acceptors (Lipinski definition) is 26. The van der Waals surface area contributed by atoms with Gasteiger partial charge in [0.1, 0.15) is 10.4 Å². The Balaban J connectivity index is 0.000000152. The number of nitrogen functional groups attached to an aromatic ring is 1. The standard InChI is InChI=1S/C17H26N4O2.C13H9F3N4O3S.C13H12N4O2S.C12H10N4O.C8H8BrN3O2S.C5H6BNO2/c1-5-17(22)19-14-10-13(18)16(23-4)11-15(14)21-8-6-12(7-9-21)20(2)3;1-8-5-10(9-3-2-4-17-6-9)20-11(8)7-18-12(19-20)23-24(21,22)13(14,15)16;1-9-6-11(10-4-3-5-14-7-10)17-12(9)8-15-13(16-17)20(2,18)19;1-8-5-10(9-3-2-4-13-6-9)16-11(8)7-14-12(17)15-16;1-5-3-7(9)12-6(5)4-10-8(11-12)15(2,13)14;8-6(9)5-2-1-3-7-4-5/h5,10-12H,1,6-9,18H2,2-4H3,(H,19,22);2-7H,1H3;3-8H,1-2H3;2-7H,1H3,(H,15,17);3-4H,1-2H3;1-4,8-9H. The molecule has 0 unspecified atom stereocenters. The molecule has 1 amide bonds. The number of carbonyl (C=O) groups is 1. The number of alkyl halides is 3. The number of nitrogens with one attached hydrogen (secondary N) is 2. The third-order valence-electron chi connectivity index (χ3n) is 16.1. The lowest BCUT2D eigenvalue weighted by molar-refractivity contribution is -0.111. The van der Waals surface area contributed by atoms with E-state index in [1.54, 1.807) is 103 Å². The van der Waals surface area contributed by atoms with Crippen molar-refractivity contribution >= 4 is 103 Å². The number of H-pyrrole nitrogens is 1. The molecule has 0 aliphatic carbocycles. The molecule has 32 nitrogen and oxygen atoms in total. The quantitative estimate of drug-likeness (QED) is 0.0252. The summed E-state index contributed by atoms with van der Waals surface area (Å²) in [5.41, 5.74) is 14.0. The number of aryl methyl sites for hydroxylation is 4. The van der Waals surface area contributed by atoms with Crippen LogP contribution in [0.1, 0.15) is 35.1 Å². The Morgan fingerprint density at radius 3 is 1.59 bits per heavy atom. The zero-order chi connectivity index (χ0) is 78.6. The van der Waals surface area contributed by atoms with Crippen LogP contribution < -0.4 is 36.0 Å². The summed E-state index contributed by atoms with van der Waals surface area (Å²) in [6.45, 7) is 12.9. The highest BCUT2D eigenvalue weighted by Gasteiger charge is 2.49. The Bertz CT molecular complexity index is 5780. The second-order valence-electron chi connectivity index (χ2n) is 24.1. The van der Waals surface area contributed by atoms with Gasteiger partial charge in [-0.3, -0.25) is 24.7 Å². The Labute approximate surface area is 625 Å². The SMILES string of the molecule is C=CC(=O)Nc1cc(N)c(OC)cc1N1CCC(N(C)C)CC1.Cc1cc(-c2cccnc2)n2[nH]c(=O)ncc12.Cc1cc(-c2cccnc2)n2nc(OS(=O)(=O)C(F)(F)F)ncc12.Cc1cc(-c2cccnc2)n2nc(S(C)(=O)=O)ncc12.Cc1cc(Br)n2nc(S(C)(=O)=O)ncc12.OB(O)c1cccnc1. The number of fused-ring (bicyclic) bond motifs is 4. The Hall–Kier alpha value is -11.4. The second-order valence-corrected chi connectivity index (χ2v) is 30.3. The van der Waals surface area contributed by atoms with Gasteiger partial charge in [-0.25, -0.2) is 54.8 Å². The minimum Gasteiger partial charge on any atom is -0.495 e. The number of carbonyl (C=O) groups excluding carboxylic acids is 1. The number of benzene rings is 1. The number of pyridine rings is 4. The molecule has 40 heteroatoms. The topological polar surface area (TPSA) is 415 Å². The number of nitrogens with two attached hydrogens (primary N) is 1. The molecule has 1 aliphatic heterocycles. The van der Waals surface area contributed by atoms with Gasteiger partial charge in [0, 0.05) is 109 Å². The fourth-order valence-electron chi connectivity index (χ4n) is 10.7. The zero-order valence-electron chi connectivity index (χ0n) is 59.2. The maximum Gasteiger partial charge on any atom is 0.534 e. The summed E-state index contributed by atoms with van der Waals surface area (Å²) >= 11 is 3.30. The number of hydrogen-bond donors (Lipinski definition) is 5. The van der Waals surface area contributed by atoms with Crippen LogP contribution in [-0.4, -0.2) is 190 Å². The van der Waals surface area contributed by atoms with Gasteiger partial charge in [-0.15, -0.1) is 15.3 Å². The normalized spacial score (nSPS) is 12.5. The number of halogens is 4. The van der Waals surface area contributed by atoms with Crippen molar-refractivity contribution in [3.63, 3.8) is 0 Å². The van der Waals surface area contributed by atoms with E-state index in [-0.39, 0.29) is 21.9 Å². The van der Waals surface area contributed by atoms with Gasteiger partial charge in [-0.05, 0) is 172 Å². The summed E-state index contributed by atoms with van der Waals surface area (Å²) in [5, 5.41) is 34.1. The molecule has 12 aromatic heterocycles. The van der Waals surface area contributed by atoms with Gasteiger partial charge in [-0.1, -0.05) is 12.6 Å². The number of aromatic nitrogens is 16. The molecule has 0 spiro atoms. The number of sulfone groups is 2. The van der Waals surface area contributed by atoms with Crippen LogP contribution in [0.15, 0.2) is 192 Å². The van der Waals surface area contributed by atoms with Gasteiger partial charge in [0.05, 0.1) is 88.1 Å². The van der Waals surface area contributed by atoms with Crippen LogP contribution in [0, 0.1) is 27.7 Å². The van der Waals surface area contributed by atoms with Crippen molar-refractivity contribution in [1.82, 2.24) is 83.2 Å². The second kappa shape index (κ2) is 34.4. The minimum atomic E-state index is -5.84. The van der Waals surface area contributed by atoms with Crippen molar-refractivity contribution in [3.05, 3.63) is 209 Å². The number of nitrogens with zero attached hydrogens (tertiary/aromatic N) is 17. The summed E-state index contributed by atoms with van der Waals surface area (Å²) in [6.07, 6.45) is 24.3. The molecule has 13 aromatic rings. The van der Waals surface area contributed by atoms with Gasteiger partial charge >= 0.3 is 34.4 Å². The average molecular weight is 1600 g/mol. The molecule has 0 saturated carbocycles. The van der Waals surface area contributed by atoms with Crippen molar-refractivity contribution < 1.29 is 62.2 Å². The van der Waals surface area contributed by atoms with Crippen LogP contribution >= 0.6 is 15.9 Å². The molecule has 1 aliphatic rings. The van der Waals surface area contributed by atoms with Crippen LogP contribution in [0.5, 0.6) is 11.8 Å². The zero-order valence-corrected chi connectivity index (χ0v) is 63.2. The molecule has 0 radical (unpaired) electrons. The largest absolute Gasteiger partial charge is 0.534 e. The molecular weight excluding hydrogens is 1530 g/mol. The average Bonchev–Trinajstić information content (AvgIpc) is 1.61. The van der Waals surface area contributed by atoms with Gasteiger partial charge < -0.3 is 39.8 Å². The Morgan fingerprint density at radius 1 is 0.667 bits per heavy atom. The van der Waals surface area contributed by atoms with Gasteiger partial charge in [0.2, 0.25) is 25.6 Å². The highest BCUT2D eigenvalue weighted by Crippen LogP contribution is 2.38. The van der Waals surface area contributed by atoms with Crippen LogP contribution in [0.2, 0.25) is 0 Å². The number of amides is 1. The third kappa shape index (κ3) is 19.8. The third-order valence-corrected chi connectivity index (χ3v) is 19.3. The van der Waals surface area contributed by atoms with E-state index in [9.17, 15) is 48.0 Å². The number of ether oxygens (including phenoxy) is 1. The Kier molecular flexibility index (Phi) is 25.7. The number of anilines is 3. The van der Waals surface area contributed by atoms with Crippen molar-refractivity contribution in [2.45, 2.75) is 62.4 Å². The first-order chi connectivity index (χ1) is 51.1. The lowest BCUT2D eigenvalue weighted by Gasteiger charge is -2.37. The molecule has 0 atom stereocenters. The molecule has 108 heavy (non-hydrogen) atoms. The van der Waals surface area contributed by atoms with E-state index in [2.05, 4.69) is 116 Å². The van der Waals surface area contributed by atoms with E-state index in [0.717, 1.165) is 105 Å². The lowest BCUT2D eigenvalue weighted by Crippen LogP contribution is -2.42. The monoisotopic (exact) mass is 1600 g/mol. The first-order valence-electron chi connectivity index (χ1n) is 32.1. The molecule has 1 fully saturated rings. The van der Waals surface area contributed by atoms with Crippen molar-refractivity contribution in [1.29, 1.82) is 0 Å². The molecule has 1 saturated heterocycles. The van der Waals surface area contributed by atoms with E-state index < -0.39 is 48.4 Å². The molecule has 1 aromatic carbocycles. The lowest BCUT2D eigenvalue weighted by atomic mass is 9.82. The van der Waals surface area contributed by atoms with E-state index in [4.69, 9.17) is 20.5 Å². The molecule has 14 rings (SSSR count). The number of piperidine rings is 1. The smallest absolute Gasteiger partial charge is 0.495 e. The van der Waals surface area contributed by atoms with Gasteiger partial charge in [-0.2, -0.15) is 31.6 Å². The summed E-state index contributed by atoms with van der Waals surface area (Å²) < 4.78 is 121. The molecule has 13 heterocycles. The highest BCUT2D eigenvalue weighted by molar-refractivity contribution is 9.10. The molecule has 6 N–H and O–H groups in total. The summed E-state index contributed by atoms with van der Waals surface area (Å²) in [6, 6.07) is 25.0. The number of rotatable bonds is 13. The van der Waals surface area contributed by atoms with Crippen molar-refractivity contribution in [2.24, 2.45) is 0 Å². The Morgan fingerprint density at radius 2 is 1.13 bits per heavy atom. The van der Waals surface area contributed by atoms with Crippen LogP contribution in [-0.2, 0) is 34.6 Å². The predicted octanol–water partition coefficient (Wildman–Crippen LogP) is 7.12. The number of methoxy groups -OCH3 is 1. The fraction of sp³-hybridized carbons (Fsp3) is 0.221. The van der Waals surface area contributed by atoms with Crippen LogP contribution in [0.25, 0.3) is 55.8 Å². The number of aromatic amines is 1. The maximum absolute atomic E-state index is 12.4. The van der Waals surface area contributed by atoms with E-state index in [0.29, 0.717) is 50.0 Å². The van der Waals surface area contributed by atoms with Crippen molar-refractivity contribution in [3.8, 4) is 45.5 Å². The minimum absolute atomic E-state index is 0.175. The fourth-order valence-corrected chi connectivity index (χ4v) is 12.6. The predicted molar refractivity (Wildman–Crippen MR) is 402 cm³/mol. The molecular formula is C68H71BBrF3N20O12S3. The summed E-state index contributed by atoms with van der Waals surface area (Å²) in [7, 11) is -8.23. The first-order valence-corrected chi connectivity index (χ1v) is 38.0. The summed E-state index contributed by atoms with van der Waals surface area (Å²) in [4.78, 5) is 58.3. The van der Waals surface area contributed by atoms with Gasteiger partial charge in [0.25, 0.3) is 10.3 Å². The van der Waals surface area contributed by atoms with E-state index >= 15 is 0 Å². The highest BCUT2D eigenvalue weighted by atomic mass is 79.9. The van der Waals surface area contributed by atoms with Gasteiger partial charge in [0.15, 0.2) is 0 Å². The van der Waals surface area contributed by atoms with Crippen LogP contribution in [0.3, 0.4) is 0 Å².